The first-order chi connectivity index (χ1) is 13.9. The number of ether oxygens (including phenoxy) is 2. The van der Waals surface area contributed by atoms with Crippen LogP contribution in [-0.2, 0) is 14.3 Å². The summed E-state index contributed by atoms with van der Waals surface area (Å²) in [5.74, 6) is 3.18. The molecule has 0 aromatic carbocycles. The summed E-state index contributed by atoms with van der Waals surface area (Å²) in [6.45, 7) is 11.8. The van der Waals surface area contributed by atoms with E-state index in [0.717, 1.165) is 18.6 Å². The lowest BCUT2D eigenvalue weighted by molar-refractivity contribution is -0.138. The molecule has 0 spiro atoms. The standard InChI is InChI=1S/C23H41NO5S/c1-8-16-28-23(6,7)20(26)12-10-11-18(25)13-14-19(9-2)30-17-15-24-21(27)29-22(3,4)5/h1,18-19,25H,9-17H2,2-7H3,(H,24,27). The quantitative estimate of drug-likeness (QED) is 0.289. The molecule has 2 atom stereocenters. The lowest BCUT2D eigenvalue weighted by atomic mass is 9.96. The molecule has 0 aliphatic rings. The molecule has 6 nitrogen and oxygen atoms in total. The molecule has 30 heavy (non-hydrogen) atoms. The molecular weight excluding hydrogens is 402 g/mol. The molecular formula is C23H41NO5S. The predicted molar refractivity (Wildman–Crippen MR) is 124 cm³/mol. The van der Waals surface area contributed by atoms with Crippen LogP contribution in [0.1, 0.15) is 80.1 Å². The number of carbonyl (C=O) groups excluding carboxylic acids is 2. The minimum absolute atomic E-state index is 0.00410. The van der Waals surface area contributed by atoms with Gasteiger partial charge in [0, 0.05) is 24.0 Å². The van der Waals surface area contributed by atoms with Crippen molar-refractivity contribution in [2.24, 2.45) is 0 Å². The van der Waals surface area contributed by atoms with Crippen LogP contribution in [0.4, 0.5) is 4.79 Å². The molecule has 0 aliphatic heterocycles. The Bertz CT molecular complexity index is 551. The van der Waals surface area contributed by atoms with Crippen LogP contribution in [0.3, 0.4) is 0 Å². The Morgan fingerprint density at radius 2 is 1.83 bits per heavy atom. The second-order valence-electron chi connectivity index (χ2n) is 8.88. The fourth-order valence-corrected chi connectivity index (χ4v) is 3.81. The first-order valence-electron chi connectivity index (χ1n) is 10.8. The van der Waals surface area contributed by atoms with Crippen LogP contribution in [0.2, 0.25) is 0 Å². The number of alkyl carbamates (subject to hydrolysis) is 1. The van der Waals surface area contributed by atoms with Gasteiger partial charge in [0.1, 0.15) is 17.8 Å². The number of nitrogens with one attached hydrogen (secondary N) is 1. The van der Waals surface area contributed by atoms with E-state index in [1.54, 1.807) is 25.6 Å². The number of carbonyl (C=O) groups is 2. The van der Waals surface area contributed by atoms with Crippen molar-refractivity contribution < 1.29 is 24.2 Å². The van der Waals surface area contributed by atoms with Crippen LogP contribution >= 0.6 is 11.8 Å². The van der Waals surface area contributed by atoms with E-state index in [4.69, 9.17) is 15.9 Å². The molecule has 0 aromatic rings. The fraction of sp³-hybridized carbons (Fsp3) is 0.826. The minimum atomic E-state index is -0.880. The molecule has 2 N–H and O–H groups in total. The van der Waals surface area contributed by atoms with Crippen molar-refractivity contribution in [2.75, 3.05) is 18.9 Å². The number of terminal acetylenes is 1. The van der Waals surface area contributed by atoms with E-state index in [2.05, 4.69) is 18.2 Å². The van der Waals surface area contributed by atoms with E-state index >= 15 is 0 Å². The number of hydrogen-bond donors (Lipinski definition) is 2. The Morgan fingerprint density at radius 3 is 2.40 bits per heavy atom. The third kappa shape index (κ3) is 14.7. The zero-order chi connectivity index (χ0) is 23.2. The highest BCUT2D eigenvalue weighted by atomic mass is 32.2. The van der Waals surface area contributed by atoms with E-state index < -0.39 is 23.4 Å². The monoisotopic (exact) mass is 443 g/mol. The predicted octanol–water partition coefficient (Wildman–Crippen LogP) is 4.33. The van der Waals surface area contributed by atoms with Gasteiger partial charge in [0.2, 0.25) is 0 Å². The van der Waals surface area contributed by atoms with Gasteiger partial charge in [-0.15, -0.1) is 6.42 Å². The smallest absolute Gasteiger partial charge is 0.407 e. The maximum absolute atomic E-state index is 12.2. The van der Waals surface area contributed by atoms with Gasteiger partial charge in [-0.2, -0.15) is 11.8 Å². The second kappa shape index (κ2) is 14.7. The van der Waals surface area contributed by atoms with Crippen molar-refractivity contribution >= 4 is 23.6 Å². The summed E-state index contributed by atoms with van der Waals surface area (Å²) in [5, 5.41) is 13.4. The van der Waals surface area contributed by atoms with Crippen molar-refractivity contribution in [3.63, 3.8) is 0 Å². The Labute approximate surface area is 187 Å². The number of rotatable bonds is 15. The van der Waals surface area contributed by atoms with Crippen molar-refractivity contribution in [3.05, 3.63) is 0 Å². The summed E-state index contributed by atoms with van der Waals surface area (Å²) in [5.41, 5.74) is -1.37. The maximum atomic E-state index is 12.2. The van der Waals surface area contributed by atoms with Gasteiger partial charge in [0.15, 0.2) is 5.78 Å². The number of hydrogen-bond acceptors (Lipinski definition) is 6. The van der Waals surface area contributed by atoms with Gasteiger partial charge < -0.3 is 19.9 Å². The highest BCUT2D eigenvalue weighted by Gasteiger charge is 2.27. The highest BCUT2D eigenvalue weighted by molar-refractivity contribution is 7.99. The maximum Gasteiger partial charge on any atom is 0.407 e. The summed E-state index contributed by atoms with van der Waals surface area (Å²) in [4.78, 5) is 23.9. The average molecular weight is 444 g/mol. The molecule has 174 valence electrons. The molecule has 0 aliphatic carbocycles. The van der Waals surface area contributed by atoms with E-state index in [9.17, 15) is 14.7 Å². The van der Waals surface area contributed by atoms with E-state index in [1.807, 2.05) is 20.8 Å². The lowest BCUT2D eigenvalue weighted by Crippen LogP contribution is -2.35. The third-order valence-electron chi connectivity index (χ3n) is 4.53. The van der Waals surface area contributed by atoms with E-state index in [0.29, 0.717) is 37.5 Å². The van der Waals surface area contributed by atoms with Gasteiger partial charge in [-0.05, 0) is 66.7 Å². The SMILES string of the molecule is C#CCOC(C)(C)C(=O)CCCC(O)CCC(CC)SCCNC(=O)OC(C)(C)C. The van der Waals surface area contributed by atoms with Crippen molar-refractivity contribution in [1.29, 1.82) is 0 Å². The molecule has 2 unspecified atom stereocenters. The first kappa shape index (κ1) is 28.8. The summed E-state index contributed by atoms with van der Waals surface area (Å²) >= 11 is 1.80. The number of ketones is 1. The normalized spacial score (nSPS) is 13.9. The van der Waals surface area contributed by atoms with Crippen molar-refractivity contribution in [3.8, 4) is 12.3 Å². The molecule has 7 heteroatoms. The van der Waals surface area contributed by atoms with Crippen molar-refractivity contribution in [2.45, 2.75) is 103 Å². The van der Waals surface area contributed by atoms with Gasteiger partial charge in [0.25, 0.3) is 0 Å². The van der Waals surface area contributed by atoms with Gasteiger partial charge in [-0.25, -0.2) is 4.79 Å². The van der Waals surface area contributed by atoms with Crippen LogP contribution in [-0.4, -0.2) is 58.4 Å². The zero-order valence-corrected chi connectivity index (χ0v) is 20.4. The van der Waals surface area contributed by atoms with Crippen LogP contribution in [0.15, 0.2) is 0 Å². The lowest BCUT2D eigenvalue weighted by Gasteiger charge is -2.23. The van der Waals surface area contributed by atoms with Crippen LogP contribution in [0, 0.1) is 12.3 Å². The molecule has 0 fully saturated rings. The van der Waals surface area contributed by atoms with Crippen molar-refractivity contribution in [1.82, 2.24) is 5.32 Å². The van der Waals surface area contributed by atoms with Crippen LogP contribution in [0.5, 0.6) is 0 Å². The summed E-state index contributed by atoms with van der Waals surface area (Å²) in [6, 6.07) is 0. The molecule has 0 aromatic heterocycles. The Balaban J connectivity index is 4.01. The van der Waals surface area contributed by atoms with E-state index in [-0.39, 0.29) is 12.4 Å². The molecule has 0 rings (SSSR count). The summed E-state index contributed by atoms with van der Waals surface area (Å²) in [6.07, 6.45) is 8.57. The first-order valence-corrected chi connectivity index (χ1v) is 11.8. The van der Waals surface area contributed by atoms with Gasteiger partial charge in [-0.1, -0.05) is 12.8 Å². The molecule has 0 saturated carbocycles. The molecule has 0 radical (unpaired) electrons. The van der Waals surface area contributed by atoms with Crippen LogP contribution < -0.4 is 5.32 Å². The van der Waals surface area contributed by atoms with Gasteiger partial charge >= 0.3 is 6.09 Å². The Hall–Kier alpha value is -1.23. The van der Waals surface area contributed by atoms with Gasteiger partial charge in [-0.3, -0.25) is 4.79 Å². The molecule has 0 heterocycles. The Morgan fingerprint density at radius 1 is 1.17 bits per heavy atom. The zero-order valence-electron chi connectivity index (χ0n) is 19.6. The van der Waals surface area contributed by atoms with E-state index in [1.165, 1.54) is 0 Å². The number of aliphatic hydroxyl groups is 1. The Kier molecular flexibility index (Phi) is 14.1. The fourth-order valence-electron chi connectivity index (χ4n) is 2.72. The number of Topliss-reactive ketones (excluding diaryl/α,β-unsaturated/α-hetero) is 1. The van der Waals surface area contributed by atoms with Crippen LogP contribution in [0.25, 0.3) is 0 Å². The highest BCUT2D eigenvalue weighted by Crippen LogP contribution is 2.22. The average Bonchev–Trinajstić information content (AvgIpc) is 2.64. The molecule has 0 saturated heterocycles. The summed E-state index contributed by atoms with van der Waals surface area (Å²) < 4.78 is 10.6. The summed E-state index contributed by atoms with van der Waals surface area (Å²) in [7, 11) is 0. The minimum Gasteiger partial charge on any atom is -0.444 e. The topological polar surface area (TPSA) is 84.9 Å². The third-order valence-corrected chi connectivity index (χ3v) is 6.01. The number of amides is 1. The molecule has 1 amide bonds. The number of aliphatic hydroxyl groups excluding tert-OH is 1. The molecule has 0 bridgehead atoms. The second-order valence-corrected chi connectivity index (χ2v) is 10.3. The largest absolute Gasteiger partial charge is 0.444 e. The van der Waals surface area contributed by atoms with Gasteiger partial charge in [0.05, 0.1) is 6.10 Å². The number of thioether (sulfide) groups is 1.